The van der Waals surface area contributed by atoms with Gasteiger partial charge in [-0.2, -0.15) is 0 Å². The number of likely N-dealkylation sites (N-methyl/N-ethyl adjacent to an activating group) is 2. The molecule has 3 aliphatic rings. The highest BCUT2D eigenvalue weighted by atomic mass is 16.7. The van der Waals surface area contributed by atoms with Crippen molar-refractivity contribution < 1.29 is 38.4 Å². The quantitative estimate of drug-likeness (QED) is 0.363. The molecule has 0 aliphatic carbocycles. The Hall–Kier alpha value is -1.63. The van der Waals surface area contributed by atoms with Crippen LogP contribution in [0.3, 0.4) is 0 Å². The van der Waals surface area contributed by atoms with Gasteiger partial charge in [0.25, 0.3) is 0 Å². The Labute approximate surface area is 245 Å². The third-order valence-electron chi connectivity index (χ3n) is 9.48. The Bertz CT molecular complexity index is 945. The summed E-state index contributed by atoms with van der Waals surface area (Å²) in [6.45, 7) is 12.1. The number of methoxy groups -OCH3 is 1. The van der Waals surface area contributed by atoms with E-state index in [0.29, 0.717) is 32.4 Å². The molecule has 0 aromatic rings. The van der Waals surface area contributed by atoms with Crippen LogP contribution in [-0.2, 0) is 33.3 Å². The lowest BCUT2D eigenvalue weighted by Gasteiger charge is -2.47. The Morgan fingerprint density at radius 2 is 1.78 bits per heavy atom. The third kappa shape index (κ3) is 7.48. The van der Waals surface area contributed by atoms with Gasteiger partial charge in [0, 0.05) is 50.5 Å². The van der Waals surface area contributed by atoms with Crippen molar-refractivity contribution in [3.8, 4) is 0 Å². The fourth-order valence-electron chi connectivity index (χ4n) is 6.96. The van der Waals surface area contributed by atoms with Crippen molar-refractivity contribution in [2.75, 3.05) is 47.9 Å². The van der Waals surface area contributed by atoms with Gasteiger partial charge in [-0.25, -0.2) is 0 Å². The maximum atomic E-state index is 14.1. The molecule has 0 aromatic carbocycles. The molecule has 0 aromatic heterocycles. The van der Waals surface area contributed by atoms with Crippen LogP contribution in [0.4, 0.5) is 0 Å². The molecule has 1 amide bonds. The van der Waals surface area contributed by atoms with Gasteiger partial charge < -0.3 is 34.3 Å². The number of nitrogens with one attached hydrogen (secondary N) is 1. The number of hydrogen-bond donors (Lipinski definition) is 2. The zero-order valence-corrected chi connectivity index (χ0v) is 26.6. The van der Waals surface area contributed by atoms with Crippen LogP contribution in [0.1, 0.15) is 60.8 Å². The number of carbonyl (C=O) groups excluding carboxylic acids is 3. The number of Topliss-reactive ketones (excluding diaryl/α,β-unsaturated/α-hetero) is 1. The summed E-state index contributed by atoms with van der Waals surface area (Å²) in [6.07, 6.45) is -1.39. The molecular formula is C30H53N3O8. The van der Waals surface area contributed by atoms with Crippen molar-refractivity contribution in [3.05, 3.63) is 0 Å². The summed E-state index contributed by atoms with van der Waals surface area (Å²) in [5.74, 6) is -1.69. The fourth-order valence-corrected chi connectivity index (χ4v) is 6.96. The van der Waals surface area contributed by atoms with Gasteiger partial charge in [-0.15, -0.1) is 0 Å². The van der Waals surface area contributed by atoms with E-state index >= 15 is 0 Å². The molecule has 0 saturated carbocycles. The largest absolute Gasteiger partial charge is 0.463 e. The highest BCUT2D eigenvalue weighted by Crippen LogP contribution is 2.38. The molecule has 3 saturated heterocycles. The second-order valence-corrected chi connectivity index (χ2v) is 13.6. The zero-order chi connectivity index (χ0) is 30.9. The van der Waals surface area contributed by atoms with Gasteiger partial charge in [0.05, 0.1) is 17.8 Å². The summed E-state index contributed by atoms with van der Waals surface area (Å²) in [5.41, 5.74) is -2.42. The number of aliphatic hydroxyl groups excluding tert-OH is 1. The summed E-state index contributed by atoms with van der Waals surface area (Å²) < 4.78 is 24.6. The van der Waals surface area contributed by atoms with E-state index in [-0.39, 0.29) is 48.3 Å². The predicted octanol–water partition coefficient (Wildman–Crippen LogP) is 1.45. The van der Waals surface area contributed by atoms with Crippen LogP contribution >= 0.6 is 0 Å². The number of ether oxygens (including phenoxy) is 4. The molecule has 10 atom stereocenters. The second-order valence-electron chi connectivity index (χ2n) is 13.6. The Kier molecular flexibility index (Phi) is 11.0. The Morgan fingerprint density at radius 3 is 2.34 bits per heavy atom. The molecule has 3 aliphatic heterocycles. The lowest BCUT2D eigenvalue weighted by molar-refractivity contribution is -0.295. The SMILES string of the molecule is CO[C@]1(C)C[C@@H](C)CN(C)[C@@H](C2CNC(=O)C2)COC(=O)C(C)(C)C(=O)[C@H](C)[C@H]1O[C@@H]1O[C@H](C)C[C@H](N(C)C)[C@H]1O. The molecule has 1 unspecified atom stereocenters. The van der Waals surface area contributed by atoms with Crippen LogP contribution in [0.5, 0.6) is 0 Å². The van der Waals surface area contributed by atoms with Crippen LogP contribution in [0.2, 0.25) is 0 Å². The standard InChI is InChI=1S/C30H53N3O8/c1-17-13-30(6,38-10)26(41-27-24(35)21(32(7)8)11-18(2)40-27)19(3)25(36)29(4,5)28(37)39-16-22(33(9)15-17)20-12-23(34)31-14-20/h17-22,24,26-27,35H,11-16H2,1-10H3,(H,31,34)/t17-,18-,19+,20?,21+,22-,24-,26-,27+,30-/m1/s1. The highest BCUT2D eigenvalue weighted by molar-refractivity contribution is 6.04. The van der Waals surface area contributed by atoms with Crippen LogP contribution in [0.25, 0.3) is 0 Å². The number of carbonyl (C=O) groups is 3. The van der Waals surface area contributed by atoms with E-state index < -0.39 is 41.4 Å². The van der Waals surface area contributed by atoms with Gasteiger partial charge >= 0.3 is 5.97 Å². The van der Waals surface area contributed by atoms with Crippen molar-refractivity contribution in [2.24, 2.45) is 23.2 Å². The molecule has 0 bridgehead atoms. The van der Waals surface area contributed by atoms with E-state index in [1.807, 2.05) is 39.9 Å². The number of aliphatic hydroxyl groups is 1. The smallest absolute Gasteiger partial charge is 0.319 e. The number of amides is 1. The lowest BCUT2D eigenvalue weighted by atomic mass is 9.74. The number of hydrogen-bond acceptors (Lipinski definition) is 10. The van der Waals surface area contributed by atoms with Crippen LogP contribution in [-0.4, -0.2) is 123 Å². The van der Waals surface area contributed by atoms with Gasteiger partial charge in [0.1, 0.15) is 18.1 Å². The molecule has 2 N–H and O–H groups in total. The van der Waals surface area contributed by atoms with Gasteiger partial charge in [-0.05, 0) is 67.6 Å². The van der Waals surface area contributed by atoms with Crippen molar-refractivity contribution >= 4 is 17.7 Å². The number of rotatable bonds is 5. The van der Waals surface area contributed by atoms with E-state index in [1.54, 1.807) is 27.9 Å². The molecule has 3 heterocycles. The van der Waals surface area contributed by atoms with Crippen molar-refractivity contribution in [3.63, 3.8) is 0 Å². The maximum Gasteiger partial charge on any atom is 0.319 e. The zero-order valence-electron chi connectivity index (χ0n) is 26.6. The Balaban J connectivity index is 2.00. The molecule has 11 heteroatoms. The normalized spacial score (nSPS) is 41.8. The molecule has 0 radical (unpaired) electrons. The van der Waals surface area contributed by atoms with Crippen molar-refractivity contribution in [2.45, 2.75) is 103 Å². The first-order valence-electron chi connectivity index (χ1n) is 14.9. The second kappa shape index (κ2) is 13.3. The topological polar surface area (TPSA) is 127 Å². The van der Waals surface area contributed by atoms with Crippen LogP contribution < -0.4 is 5.32 Å². The lowest BCUT2D eigenvalue weighted by Crippen LogP contribution is -2.59. The fraction of sp³-hybridized carbons (Fsp3) is 0.900. The van der Waals surface area contributed by atoms with E-state index in [9.17, 15) is 19.5 Å². The van der Waals surface area contributed by atoms with Crippen LogP contribution in [0, 0.1) is 23.2 Å². The average molecular weight is 584 g/mol. The summed E-state index contributed by atoms with van der Waals surface area (Å²) in [7, 11) is 7.39. The minimum absolute atomic E-state index is 0.0140. The molecule has 0 spiro atoms. The van der Waals surface area contributed by atoms with Gasteiger partial charge in [-0.1, -0.05) is 13.8 Å². The molecule has 3 fully saturated rings. The monoisotopic (exact) mass is 583 g/mol. The average Bonchev–Trinajstić information content (AvgIpc) is 3.32. The number of ketones is 1. The van der Waals surface area contributed by atoms with Crippen molar-refractivity contribution in [1.82, 2.24) is 15.1 Å². The Morgan fingerprint density at radius 1 is 1.12 bits per heavy atom. The van der Waals surface area contributed by atoms with Crippen LogP contribution in [0.15, 0.2) is 0 Å². The molecular weight excluding hydrogens is 530 g/mol. The minimum Gasteiger partial charge on any atom is -0.463 e. The number of nitrogens with zero attached hydrogens (tertiary/aromatic N) is 2. The summed E-state index contributed by atoms with van der Waals surface area (Å²) in [6, 6.07) is -0.383. The first-order valence-corrected chi connectivity index (χ1v) is 14.9. The minimum atomic E-state index is -1.46. The van der Waals surface area contributed by atoms with E-state index in [2.05, 4.69) is 17.1 Å². The summed E-state index contributed by atoms with van der Waals surface area (Å²) in [5, 5.41) is 14.1. The first-order chi connectivity index (χ1) is 19.0. The molecule has 236 valence electrons. The third-order valence-corrected chi connectivity index (χ3v) is 9.48. The molecule has 3 rings (SSSR count). The van der Waals surface area contributed by atoms with Crippen molar-refractivity contribution in [1.29, 1.82) is 0 Å². The first kappa shape index (κ1) is 33.9. The number of esters is 1. The molecule has 41 heavy (non-hydrogen) atoms. The van der Waals surface area contributed by atoms with E-state index in [1.165, 1.54) is 0 Å². The molecule has 11 nitrogen and oxygen atoms in total. The van der Waals surface area contributed by atoms with E-state index in [0.717, 1.165) is 0 Å². The number of cyclic esters (lactones) is 1. The maximum absolute atomic E-state index is 14.1. The summed E-state index contributed by atoms with van der Waals surface area (Å²) in [4.78, 5) is 43.6. The van der Waals surface area contributed by atoms with Gasteiger partial charge in [-0.3, -0.25) is 19.3 Å². The van der Waals surface area contributed by atoms with E-state index in [4.69, 9.17) is 18.9 Å². The van der Waals surface area contributed by atoms with Gasteiger partial charge in [0.15, 0.2) is 12.1 Å². The summed E-state index contributed by atoms with van der Waals surface area (Å²) >= 11 is 0. The predicted molar refractivity (Wildman–Crippen MR) is 153 cm³/mol. The van der Waals surface area contributed by atoms with Gasteiger partial charge in [0.2, 0.25) is 5.91 Å². The highest BCUT2D eigenvalue weighted by Gasteiger charge is 2.51.